The van der Waals surface area contributed by atoms with Crippen molar-refractivity contribution in [1.29, 1.82) is 0 Å². The Morgan fingerprint density at radius 2 is 1.71 bits per heavy atom. The molecule has 0 unspecified atom stereocenters. The molecular weight excluding hydrogens is 451 g/mol. The molecule has 0 aliphatic rings. The molecule has 0 aliphatic heterocycles. The van der Waals surface area contributed by atoms with Crippen LogP contribution in [0.2, 0.25) is 0 Å². The fourth-order valence-electron chi connectivity index (χ4n) is 3.88. The minimum Gasteiger partial charge on any atom is -0.354 e. The molecule has 0 bridgehead atoms. The average Bonchev–Trinajstić information content (AvgIpc) is 2.99. The molecule has 1 aromatic heterocycles. The molecule has 0 fully saturated rings. The number of aromatic nitrogens is 1. The second-order valence-corrected chi connectivity index (χ2v) is 9.80. The van der Waals surface area contributed by atoms with Crippen molar-refractivity contribution < 1.29 is 23.6 Å². The van der Waals surface area contributed by atoms with Crippen molar-refractivity contribution in [2.45, 2.75) is 60.9 Å². The molecule has 3 N–H and O–H groups in total. The van der Waals surface area contributed by atoms with Gasteiger partial charge in [0.25, 0.3) is 17.6 Å². The molecule has 3 amide bonds. The molecule has 2 rings (SSSR count). The Hall–Kier alpha value is -3.49. The lowest BCUT2D eigenvalue weighted by Gasteiger charge is -2.30. The third kappa shape index (κ3) is 6.15. The number of carbonyl (C=O) groups is 4. The molecule has 1 aromatic carbocycles. The van der Waals surface area contributed by atoms with Crippen molar-refractivity contribution in [2.24, 2.45) is 12.5 Å². The average molecular weight is 487 g/mol. The van der Waals surface area contributed by atoms with Crippen molar-refractivity contribution in [1.82, 2.24) is 15.2 Å². The lowest BCUT2D eigenvalue weighted by molar-refractivity contribution is -0.129. The second kappa shape index (κ2) is 10.8. The van der Waals surface area contributed by atoms with E-state index in [1.807, 2.05) is 6.92 Å². The number of amides is 3. The van der Waals surface area contributed by atoms with E-state index in [-0.39, 0.29) is 23.0 Å². The van der Waals surface area contributed by atoms with Crippen LogP contribution in [0.15, 0.2) is 18.2 Å². The van der Waals surface area contributed by atoms with Crippen molar-refractivity contribution >= 4 is 29.2 Å². The lowest BCUT2D eigenvalue weighted by Crippen LogP contribution is -2.55. The van der Waals surface area contributed by atoms with Crippen LogP contribution in [0.3, 0.4) is 0 Å². The van der Waals surface area contributed by atoms with E-state index in [2.05, 4.69) is 16.0 Å². The topological polar surface area (TPSA) is 109 Å². The minimum atomic E-state index is -0.929. The highest BCUT2D eigenvalue weighted by atomic mass is 19.1. The Bertz CT molecular complexity index is 1160. The number of benzene rings is 1. The lowest BCUT2D eigenvalue weighted by atomic mass is 9.86. The van der Waals surface area contributed by atoms with E-state index in [4.69, 9.17) is 0 Å². The van der Waals surface area contributed by atoms with Gasteiger partial charge in [-0.3, -0.25) is 19.2 Å². The molecule has 2 aromatic rings. The first kappa shape index (κ1) is 27.8. The molecule has 0 saturated heterocycles. The van der Waals surface area contributed by atoms with Gasteiger partial charge in [-0.15, -0.1) is 0 Å². The smallest absolute Gasteiger partial charge is 0.294 e. The Morgan fingerprint density at radius 1 is 1.09 bits per heavy atom. The number of halogens is 1. The van der Waals surface area contributed by atoms with Gasteiger partial charge in [-0.25, -0.2) is 4.39 Å². The maximum Gasteiger partial charge on any atom is 0.294 e. The SMILES string of the molecule is CCCNC(=O)[C@H](NC(=O)C(=O)c1c(C)c(C(=O)Nc2ccc(F)c(C)c2)c(C)n1C)C(C)(C)C. The highest BCUT2D eigenvalue weighted by molar-refractivity contribution is 6.43. The van der Waals surface area contributed by atoms with E-state index in [0.29, 0.717) is 29.1 Å². The van der Waals surface area contributed by atoms with E-state index in [1.54, 1.807) is 48.6 Å². The molecule has 8 nitrogen and oxygen atoms in total. The zero-order valence-electron chi connectivity index (χ0n) is 21.7. The highest BCUT2D eigenvalue weighted by Crippen LogP contribution is 2.25. The molecule has 190 valence electrons. The summed E-state index contributed by atoms with van der Waals surface area (Å²) in [7, 11) is 1.59. The first-order chi connectivity index (χ1) is 16.2. The zero-order valence-corrected chi connectivity index (χ0v) is 21.7. The Balaban J connectivity index is 2.33. The standard InChI is InChI=1S/C26H35FN4O4/c1-9-12-28-25(35)22(26(5,6)7)30-24(34)21(32)20-15(3)19(16(4)31(20)8)23(33)29-17-10-11-18(27)14(2)13-17/h10-11,13,22H,9,12H2,1-8H3,(H,28,35)(H,29,33)(H,30,34)/t22-/m0/s1. The summed E-state index contributed by atoms with van der Waals surface area (Å²) >= 11 is 0. The summed E-state index contributed by atoms with van der Waals surface area (Å²) in [6.45, 7) is 12.6. The van der Waals surface area contributed by atoms with Gasteiger partial charge in [-0.2, -0.15) is 0 Å². The number of rotatable bonds is 8. The molecule has 0 aliphatic carbocycles. The van der Waals surface area contributed by atoms with Gasteiger partial charge in [0, 0.05) is 25.0 Å². The Morgan fingerprint density at radius 3 is 2.26 bits per heavy atom. The molecule has 0 radical (unpaired) electrons. The van der Waals surface area contributed by atoms with Gasteiger partial charge in [0.05, 0.1) is 11.3 Å². The van der Waals surface area contributed by atoms with Crippen molar-refractivity contribution in [3.05, 3.63) is 52.1 Å². The number of hydrogen-bond donors (Lipinski definition) is 3. The summed E-state index contributed by atoms with van der Waals surface area (Å²) in [5.41, 5.74) is 1.29. The number of ketones is 1. The van der Waals surface area contributed by atoms with Gasteiger partial charge < -0.3 is 20.5 Å². The van der Waals surface area contributed by atoms with Crippen LogP contribution in [-0.4, -0.2) is 40.7 Å². The van der Waals surface area contributed by atoms with Crippen molar-refractivity contribution in [2.75, 3.05) is 11.9 Å². The predicted octanol–water partition coefficient (Wildman–Crippen LogP) is 3.58. The Labute approximate surface area is 205 Å². The van der Waals surface area contributed by atoms with E-state index in [1.165, 1.54) is 22.8 Å². The van der Waals surface area contributed by atoms with E-state index in [9.17, 15) is 23.6 Å². The van der Waals surface area contributed by atoms with Gasteiger partial charge in [0.1, 0.15) is 11.9 Å². The van der Waals surface area contributed by atoms with Crippen LogP contribution >= 0.6 is 0 Å². The number of aryl methyl sites for hydroxylation is 1. The maximum atomic E-state index is 13.6. The first-order valence-electron chi connectivity index (χ1n) is 11.6. The number of Topliss-reactive ketones (excluding diaryl/α,β-unsaturated/α-hetero) is 1. The highest BCUT2D eigenvalue weighted by Gasteiger charge is 2.36. The molecule has 1 atom stereocenters. The van der Waals surface area contributed by atoms with Crippen LogP contribution in [0.4, 0.5) is 10.1 Å². The second-order valence-electron chi connectivity index (χ2n) is 9.80. The van der Waals surface area contributed by atoms with Crippen LogP contribution < -0.4 is 16.0 Å². The Kier molecular flexibility index (Phi) is 8.59. The molecule has 1 heterocycles. The zero-order chi connectivity index (χ0) is 26.7. The largest absolute Gasteiger partial charge is 0.354 e. The minimum absolute atomic E-state index is 0.0575. The van der Waals surface area contributed by atoms with Crippen LogP contribution in [0.1, 0.15) is 71.8 Å². The van der Waals surface area contributed by atoms with Gasteiger partial charge >= 0.3 is 0 Å². The summed E-state index contributed by atoms with van der Waals surface area (Å²) in [4.78, 5) is 51.8. The fraction of sp³-hybridized carbons (Fsp3) is 0.462. The number of carbonyl (C=O) groups excluding carboxylic acids is 4. The van der Waals surface area contributed by atoms with Crippen LogP contribution in [0, 0.1) is 32.0 Å². The first-order valence-corrected chi connectivity index (χ1v) is 11.6. The third-order valence-corrected chi connectivity index (χ3v) is 5.95. The van der Waals surface area contributed by atoms with Crippen LogP contribution in [0.5, 0.6) is 0 Å². The van der Waals surface area contributed by atoms with E-state index < -0.39 is 29.1 Å². The number of hydrogen-bond acceptors (Lipinski definition) is 4. The van der Waals surface area contributed by atoms with Crippen molar-refractivity contribution in [3.8, 4) is 0 Å². The quantitative estimate of drug-likeness (QED) is 0.391. The molecule has 0 spiro atoms. The predicted molar refractivity (Wildman–Crippen MR) is 133 cm³/mol. The van der Waals surface area contributed by atoms with Crippen molar-refractivity contribution in [3.63, 3.8) is 0 Å². The van der Waals surface area contributed by atoms with E-state index >= 15 is 0 Å². The van der Waals surface area contributed by atoms with Gasteiger partial charge in [0.2, 0.25) is 5.91 Å². The molecule has 35 heavy (non-hydrogen) atoms. The van der Waals surface area contributed by atoms with Gasteiger partial charge in [-0.05, 0) is 61.9 Å². The summed E-state index contributed by atoms with van der Waals surface area (Å²) in [6, 6.07) is 3.30. The summed E-state index contributed by atoms with van der Waals surface area (Å²) in [6.07, 6.45) is 0.736. The molecule has 0 saturated carbocycles. The van der Waals surface area contributed by atoms with Gasteiger partial charge in [0.15, 0.2) is 0 Å². The molecular formula is C26H35FN4O4. The third-order valence-electron chi connectivity index (χ3n) is 5.95. The van der Waals surface area contributed by atoms with Crippen LogP contribution in [-0.2, 0) is 16.6 Å². The van der Waals surface area contributed by atoms with Gasteiger partial charge in [-0.1, -0.05) is 27.7 Å². The summed E-state index contributed by atoms with van der Waals surface area (Å²) in [5, 5.41) is 8.06. The van der Waals surface area contributed by atoms with E-state index in [0.717, 1.165) is 6.42 Å². The summed E-state index contributed by atoms with van der Waals surface area (Å²) < 4.78 is 15.1. The normalized spacial score (nSPS) is 12.1. The number of nitrogens with one attached hydrogen (secondary N) is 3. The number of nitrogens with zero attached hydrogens (tertiary/aromatic N) is 1. The molecule has 9 heteroatoms. The summed E-state index contributed by atoms with van der Waals surface area (Å²) in [5.74, 6) is -3.00. The number of anilines is 1. The van der Waals surface area contributed by atoms with Crippen LogP contribution in [0.25, 0.3) is 0 Å². The monoisotopic (exact) mass is 486 g/mol. The maximum absolute atomic E-state index is 13.6. The fourth-order valence-corrected chi connectivity index (χ4v) is 3.88.